The van der Waals surface area contributed by atoms with E-state index in [1.54, 1.807) is 12.8 Å². The topological polar surface area (TPSA) is 58.2 Å². The Bertz CT molecular complexity index is 863. The predicted molar refractivity (Wildman–Crippen MR) is 213 cm³/mol. The third kappa shape index (κ3) is 17.6. The van der Waals surface area contributed by atoms with Crippen molar-refractivity contribution in [3.05, 3.63) is 0 Å². The van der Waals surface area contributed by atoms with Crippen molar-refractivity contribution in [3.63, 3.8) is 0 Å². The molecule has 0 aliphatic heterocycles. The van der Waals surface area contributed by atoms with Crippen molar-refractivity contribution >= 4 is 11.8 Å². The van der Waals surface area contributed by atoms with Crippen molar-refractivity contribution < 1.29 is 9.59 Å². The van der Waals surface area contributed by atoms with Gasteiger partial charge in [0.1, 0.15) is 0 Å². The third-order valence-electron chi connectivity index (χ3n) is 13.9. The minimum Gasteiger partial charge on any atom is -0.356 e. The van der Waals surface area contributed by atoms with Crippen LogP contribution in [0.2, 0.25) is 0 Å². The lowest BCUT2D eigenvalue weighted by atomic mass is 9.95. The fourth-order valence-corrected chi connectivity index (χ4v) is 9.56. The van der Waals surface area contributed by atoms with Crippen molar-refractivity contribution in [2.75, 3.05) is 13.1 Å². The van der Waals surface area contributed by atoms with E-state index in [-0.39, 0.29) is 11.8 Å². The van der Waals surface area contributed by atoms with E-state index in [0.717, 1.165) is 60.2 Å². The second-order valence-corrected chi connectivity index (χ2v) is 18.7. The number of carbonyl (C=O) groups excluding carboxylic acids is 2. The van der Waals surface area contributed by atoms with E-state index in [0.29, 0.717) is 37.8 Å². The van der Waals surface area contributed by atoms with Crippen molar-refractivity contribution in [2.24, 2.45) is 59.2 Å². The van der Waals surface area contributed by atoms with Crippen LogP contribution in [0.5, 0.6) is 0 Å². The largest absolute Gasteiger partial charge is 0.356 e. The Labute approximate surface area is 311 Å². The molecule has 50 heavy (non-hydrogen) atoms. The first kappa shape index (κ1) is 41.7. The summed E-state index contributed by atoms with van der Waals surface area (Å²) in [6, 6.07) is 0. The second kappa shape index (κ2) is 23.6. The molecule has 4 saturated carbocycles. The molecule has 0 saturated heterocycles. The predicted octanol–water partition coefficient (Wildman–Crippen LogP) is 12.4. The van der Waals surface area contributed by atoms with Gasteiger partial charge in [0.25, 0.3) is 0 Å². The maximum atomic E-state index is 12.5. The molecule has 8 atom stereocenters. The lowest BCUT2D eigenvalue weighted by Gasteiger charge is -2.22. The molecule has 2 amide bonds. The van der Waals surface area contributed by atoms with Crippen LogP contribution in [0.1, 0.15) is 207 Å². The van der Waals surface area contributed by atoms with Gasteiger partial charge in [0.05, 0.1) is 0 Å². The van der Waals surface area contributed by atoms with E-state index in [1.807, 2.05) is 0 Å². The molecular formula is C46H84N2O2. The third-order valence-corrected chi connectivity index (χ3v) is 13.9. The van der Waals surface area contributed by atoms with Crippen LogP contribution in [0.25, 0.3) is 0 Å². The van der Waals surface area contributed by atoms with Crippen LogP contribution < -0.4 is 10.6 Å². The molecule has 0 radical (unpaired) electrons. The first-order valence-electron chi connectivity index (χ1n) is 22.9. The zero-order valence-electron chi connectivity index (χ0n) is 33.8. The van der Waals surface area contributed by atoms with Gasteiger partial charge in [0, 0.05) is 25.9 Å². The summed E-state index contributed by atoms with van der Waals surface area (Å²) in [6.07, 6.45) is 37.2. The molecule has 4 fully saturated rings. The Hall–Kier alpha value is -1.06. The number of hydrogen-bond donors (Lipinski definition) is 2. The number of carbonyl (C=O) groups is 2. The van der Waals surface area contributed by atoms with Crippen molar-refractivity contribution in [1.82, 2.24) is 10.6 Å². The Morgan fingerprint density at radius 2 is 0.780 bits per heavy atom. The Morgan fingerprint density at radius 3 is 1.12 bits per heavy atom. The summed E-state index contributed by atoms with van der Waals surface area (Å²) in [7, 11) is 0. The van der Waals surface area contributed by atoms with Crippen LogP contribution in [-0.4, -0.2) is 24.9 Å². The van der Waals surface area contributed by atoms with Gasteiger partial charge in [-0.1, -0.05) is 143 Å². The van der Waals surface area contributed by atoms with E-state index >= 15 is 0 Å². The lowest BCUT2D eigenvalue weighted by Crippen LogP contribution is -2.38. The summed E-state index contributed by atoms with van der Waals surface area (Å²) in [6.45, 7) is 10.4. The van der Waals surface area contributed by atoms with E-state index in [2.05, 4.69) is 38.3 Å². The van der Waals surface area contributed by atoms with Crippen LogP contribution in [0.15, 0.2) is 0 Å². The molecule has 8 unspecified atom stereocenters. The number of rotatable bonds is 33. The summed E-state index contributed by atoms with van der Waals surface area (Å²) >= 11 is 0. The molecule has 4 aliphatic carbocycles. The molecule has 290 valence electrons. The van der Waals surface area contributed by atoms with Gasteiger partial charge >= 0.3 is 0 Å². The van der Waals surface area contributed by atoms with Crippen LogP contribution in [-0.2, 0) is 9.59 Å². The minimum absolute atomic E-state index is 0.183. The fourth-order valence-electron chi connectivity index (χ4n) is 9.56. The first-order valence-corrected chi connectivity index (χ1v) is 22.9. The molecule has 0 spiro atoms. The maximum absolute atomic E-state index is 12.5. The summed E-state index contributed by atoms with van der Waals surface area (Å²) in [4.78, 5) is 25.1. The molecule has 4 aliphatic rings. The number of hydrogen-bond acceptors (Lipinski definition) is 2. The molecule has 0 aromatic heterocycles. The highest BCUT2D eigenvalue weighted by Gasteiger charge is 2.45. The zero-order chi connectivity index (χ0) is 35.6. The standard InChI is InChI=1S/C46H84N2O2/c1-5-7-15-21-36-27-40(36)31-42-29-38(42)23-17-11-9-13-19-25-45(49)47-33-44(35(3)4)34-48-46(50)26-20-14-10-12-18-24-39-30-43(39)32-41-28-37(41)22-16-8-6-2/h35-44H,5-34H2,1-4H3,(H,47,49)(H,48,50). The quantitative estimate of drug-likeness (QED) is 0.0671. The summed E-state index contributed by atoms with van der Waals surface area (Å²) in [5.41, 5.74) is 0. The van der Waals surface area contributed by atoms with Gasteiger partial charge in [0.2, 0.25) is 11.8 Å². The summed E-state index contributed by atoms with van der Waals surface area (Å²) in [5, 5.41) is 6.35. The Balaban J connectivity index is 0.883. The molecule has 4 heteroatoms. The molecule has 0 aromatic carbocycles. The first-order chi connectivity index (χ1) is 24.4. The van der Waals surface area contributed by atoms with Crippen molar-refractivity contribution in [1.29, 1.82) is 0 Å². The lowest BCUT2D eigenvalue weighted by molar-refractivity contribution is -0.121. The average Bonchev–Trinajstić information content (AvgIpc) is 3.92. The number of unbranched alkanes of at least 4 members (excludes halogenated alkanes) is 12. The minimum atomic E-state index is 0.183. The number of amides is 2. The molecular weight excluding hydrogens is 613 g/mol. The normalized spacial score (nSPS) is 28.4. The summed E-state index contributed by atoms with van der Waals surface area (Å²) in [5.74, 6) is 9.66. The Morgan fingerprint density at radius 1 is 0.460 bits per heavy atom. The van der Waals surface area contributed by atoms with Gasteiger partial charge in [0.15, 0.2) is 0 Å². The van der Waals surface area contributed by atoms with Crippen molar-refractivity contribution in [2.45, 2.75) is 207 Å². The van der Waals surface area contributed by atoms with Gasteiger partial charge < -0.3 is 10.6 Å². The molecule has 4 rings (SSSR count). The van der Waals surface area contributed by atoms with Gasteiger partial charge in [-0.15, -0.1) is 0 Å². The van der Waals surface area contributed by atoms with Crippen LogP contribution in [0.4, 0.5) is 0 Å². The smallest absolute Gasteiger partial charge is 0.220 e. The van der Waals surface area contributed by atoms with E-state index in [4.69, 9.17) is 0 Å². The zero-order valence-corrected chi connectivity index (χ0v) is 33.8. The van der Waals surface area contributed by atoms with Gasteiger partial charge in [-0.2, -0.15) is 0 Å². The molecule has 2 N–H and O–H groups in total. The molecule has 0 heterocycles. The molecule has 0 bridgehead atoms. The van der Waals surface area contributed by atoms with Gasteiger partial charge in [-0.05, 0) is 111 Å². The SMILES string of the molecule is CCCCCC1CC1CC1CC1CCCCCCCC(=O)NCC(CNC(=O)CCCCCCCC1CC1CC1CC1CCCCC)C(C)C. The second-order valence-electron chi connectivity index (χ2n) is 18.7. The van der Waals surface area contributed by atoms with Crippen molar-refractivity contribution in [3.8, 4) is 0 Å². The fraction of sp³-hybridized carbons (Fsp3) is 0.957. The highest BCUT2D eigenvalue weighted by molar-refractivity contribution is 5.76. The van der Waals surface area contributed by atoms with E-state index in [1.165, 1.54) is 141 Å². The maximum Gasteiger partial charge on any atom is 0.220 e. The van der Waals surface area contributed by atoms with Crippen LogP contribution >= 0.6 is 0 Å². The summed E-state index contributed by atoms with van der Waals surface area (Å²) < 4.78 is 0. The van der Waals surface area contributed by atoms with Gasteiger partial charge in [-0.3, -0.25) is 9.59 Å². The van der Waals surface area contributed by atoms with Crippen LogP contribution in [0.3, 0.4) is 0 Å². The van der Waals surface area contributed by atoms with E-state index < -0.39 is 0 Å². The van der Waals surface area contributed by atoms with E-state index in [9.17, 15) is 9.59 Å². The molecule has 0 aromatic rings. The Kier molecular flexibility index (Phi) is 19.7. The molecule has 4 nitrogen and oxygen atoms in total. The number of nitrogens with one attached hydrogen (secondary N) is 2. The van der Waals surface area contributed by atoms with Crippen LogP contribution in [0, 0.1) is 59.2 Å². The highest BCUT2D eigenvalue weighted by atomic mass is 16.2. The monoisotopic (exact) mass is 697 g/mol. The average molecular weight is 697 g/mol. The van der Waals surface area contributed by atoms with Gasteiger partial charge in [-0.25, -0.2) is 0 Å². The highest BCUT2D eigenvalue weighted by Crippen LogP contribution is 2.55.